The van der Waals surface area contributed by atoms with Gasteiger partial charge in [-0.2, -0.15) is 10.3 Å². The van der Waals surface area contributed by atoms with Crippen molar-refractivity contribution >= 4 is 22.8 Å². The van der Waals surface area contributed by atoms with Crippen LogP contribution in [0.2, 0.25) is 0 Å². The molecular formula is C7H7N5O2S. The van der Waals surface area contributed by atoms with Crippen LogP contribution in [0, 0.1) is 21.4 Å². The first kappa shape index (κ1) is 11.2. The van der Waals surface area contributed by atoms with Gasteiger partial charge in [0.05, 0.1) is 4.92 Å². The maximum atomic E-state index is 10.5. The maximum absolute atomic E-state index is 10.5. The standard InChI is InChI=1S/C7H7N5O2S/c1-4-9-6(5(3-8)12(13)14)11-7(10-4)15-2/h1-2H3,(H,9,10,11)/b6-5+. The van der Waals surface area contributed by atoms with E-state index in [9.17, 15) is 10.1 Å². The Morgan fingerprint density at radius 1 is 1.67 bits per heavy atom. The summed E-state index contributed by atoms with van der Waals surface area (Å²) in [6.07, 6.45) is 1.76. The monoisotopic (exact) mass is 225 g/mol. The summed E-state index contributed by atoms with van der Waals surface area (Å²) in [5.74, 6) is 0.307. The molecule has 1 heterocycles. The Bertz CT molecular complexity index is 431. The molecular weight excluding hydrogens is 218 g/mol. The molecule has 15 heavy (non-hydrogen) atoms. The number of nitriles is 1. The number of rotatable bonds is 1. The van der Waals surface area contributed by atoms with Gasteiger partial charge < -0.3 is 5.32 Å². The third kappa shape index (κ3) is 2.54. The topological polar surface area (TPSA) is 104 Å². The molecule has 0 radical (unpaired) electrons. The fourth-order valence-electron chi connectivity index (χ4n) is 0.866. The Hall–Kier alpha value is -1.88. The Labute approximate surface area is 89.7 Å². The van der Waals surface area contributed by atoms with Crippen molar-refractivity contribution < 1.29 is 4.92 Å². The summed E-state index contributed by atoms with van der Waals surface area (Å²) in [7, 11) is 0. The van der Waals surface area contributed by atoms with E-state index < -0.39 is 10.6 Å². The second-order valence-electron chi connectivity index (χ2n) is 2.48. The number of aliphatic imine (C=N–C) groups is 2. The van der Waals surface area contributed by atoms with Gasteiger partial charge >= 0.3 is 5.70 Å². The highest BCUT2D eigenvalue weighted by Gasteiger charge is 2.21. The van der Waals surface area contributed by atoms with E-state index >= 15 is 0 Å². The fourth-order valence-corrected chi connectivity index (χ4v) is 1.29. The van der Waals surface area contributed by atoms with E-state index in [4.69, 9.17) is 5.26 Å². The summed E-state index contributed by atoms with van der Waals surface area (Å²) >= 11 is 1.28. The lowest BCUT2D eigenvalue weighted by atomic mass is 10.4. The minimum Gasteiger partial charge on any atom is -0.323 e. The van der Waals surface area contributed by atoms with Crippen LogP contribution in [-0.4, -0.2) is 22.2 Å². The van der Waals surface area contributed by atoms with Crippen molar-refractivity contribution in [1.82, 2.24) is 5.32 Å². The number of hydrogen-bond donors (Lipinski definition) is 1. The Morgan fingerprint density at radius 3 is 2.80 bits per heavy atom. The molecule has 7 nitrogen and oxygen atoms in total. The molecule has 0 saturated carbocycles. The molecule has 1 rings (SSSR count). The molecule has 0 aromatic heterocycles. The summed E-state index contributed by atoms with van der Waals surface area (Å²) in [5.41, 5.74) is -0.651. The van der Waals surface area contributed by atoms with Crippen LogP contribution in [0.4, 0.5) is 0 Å². The molecule has 0 unspecified atom stereocenters. The van der Waals surface area contributed by atoms with Crippen LogP contribution in [0.1, 0.15) is 6.92 Å². The number of amidine groups is 2. The summed E-state index contributed by atoms with van der Waals surface area (Å²) < 4.78 is 0. The second-order valence-corrected chi connectivity index (χ2v) is 3.28. The fraction of sp³-hybridized carbons (Fsp3) is 0.286. The number of hydrogen-bond acceptors (Lipinski definition) is 7. The van der Waals surface area contributed by atoms with E-state index in [2.05, 4.69) is 15.3 Å². The van der Waals surface area contributed by atoms with E-state index in [1.54, 1.807) is 13.2 Å². The third-order valence-corrected chi connectivity index (χ3v) is 2.04. The average molecular weight is 225 g/mol. The van der Waals surface area contributed by atoms with Crippen molar-refractivity contribution in [3.05, 3.63) is 21.6 Å². The zero-order valence-corrected chi connectivity index (χ0v) is 8.83. The summed E-state index contributed by atoms with van der Waals surface area (Å²) in [6, 6.07) is 1.47. The van der Waals surface area contributed by atoms with Gasteiger partial charge in [-0.15, -0.1) is 0 Å². The van der Waals surface area contributed by atoms with E-state index in [1.165, 1.54) is 17.8 Å². The minimum atomic E-state index is -0.793. The van der Waals surface area contributed by atoms with Gasteiger partial charge in [0.25, 0.3) is 0 Å². The second kappa shape index (κ2) is 4.56. The van der Waals surface area contributed by atoms with Crippen LogP contribution in [0.3, 0.4) is 0 Å². The van der Waals surface area contributed by atoms with Crippen molar-refractivity contribution in [3.63, 3.8) is 0 Å². The molecule has 0 aromatic rings. The Balaban J connectivity index is 3.24. The maximum Gasteiger partial charge on any atom is 0.389 e. The molecule has 1 N–H and O–H groups in total. The van der Waals surface area contributed by atoms with Crippen LogP contribution < -0.4 is 5.32 Å². The summed E-state index contributed by atoms with van der Waals surface area (Å²) in [5, 5.41) is 22.4. The van der Waals surface area contributed by atoms with Crippen molar-refractivity contribution in [2.24, 2.45) is 9.98 Å². The molecule has 78 valence electrons. The molecule has 0 spiro atoms. The molecule has 1 aliphatic rings. The lowest BCUT2D eigenvalue weighted by Crippen LogP contribution is -2.29. The van der Waals surface area contributed by atoms with E-state index in [0.29, 0.717) is 11.0 Å². The van der Waals surface area contributed by atoms with Crippen molar-refractivity contribution in [3.8, 4) is 6.07 Å². The van der Waals surface area contributed by atoms with Crippen molar-refractivity contribution in [2.75, 3.05) is 6.26 Å². The predicted molar refractivity (Wildman–Crippen MR) is 56.8 cm³/mol. The quantitative estimate of drug-likeness (QED) is 0.401. The SMILES string of the molecule is CSC1=N/C(=C(\C#N)[N+](=O)[O-])N=C(C)N1. The van der Waals surface area contributed by atoms with Crippen LogP contribution in [0.5, 0.6) is 0 Å². The van der Waals surface area contributed by atoms with Gasteiger partial charge in [0, 0.05) is 0 Å². The van der Waals surface area contributed by atoms with Gasteiger partial charge in [-0.3, -0.25) is 10.1 Å². The molecule has 1 aliphatic heterocycles. The Morgan fingerprint density at radius 2 is 2.33 bits per heavy atom. The zero-order chi connectivity index (χ0) is 11.4. The third-order valence-electron chi connectivity index (χ3n) is 1.46. The summed E-state index contributed by atoms with van der Waals surface area (Å²) in [4.78, 5) is 17.3. The van der Waals surface area contributed by atoms with Gasteiger partial charge in [-0.1, -0.05) is 11.8 Å². The van der Waals surface area contributed by atoms with Crippen LogP contribution in [0.15, 0.2) is 21.5 Å². The molecule has 0 amide bonds. The number of nitrogens with zero attached hydrogens (tertiary/aromatic N) is 4. The number of allylic oxidation sites excluding steroid dienone is 1. The number of thioether (sulfide) groups is 1. The van der Waals surface area contributed by atoms with Gasteiger partial charge in [-0.05, 0) is 13.2 Å². The smallest absolute Gasteiger partial charge is 0.323 e. The first-order valence-electron chi connectivity index (χ1n) is 3.82. The van der Waals surface area contributed by atoms with E-state index in [-0.39, 0.29) is 5.82 Å². The zero-order valence-electron chi connectivity index (χ0n) is 8.01. The highest BCUT2D eigenvalue weighted by molar-refractivity contribution is 8.13. The molecule has 0 aliphatic carbocycles. The number of nitro groups is 1. The lowest BCUT2D eigenvalue weighted by molar-refractivity contribution is -0.418. The van der Waals surface area contributed by atoms with Gasteiger partial charge in [0.2, 0.25) is 5.82 Å². The average Bonchev–Trinajstić information content (AvgIpc) is 2.17. The van der Waals surface area contributed by atoms with E-state index in [1.807, 2.05) is 0 Å². The Kier molecular flexibility index (Phi) is 3.41. The van der Waals surface area contributed by atoms with Gasteiger partial charge in [0.1, 0.15) is 5.84 Å². The first-order chi connectivity index (χ1) is 7.08. The minimum absolute atomic E-state index is 0.164. The van der Waals surface area contributed by atoms with Gasteiger partial charge in [-0.25, -0.2) is 4.99 Å². The van der Waals surface area contributed by atoms with Crippen molar-refractivity contribution in [2.45, 2.75) is 6.92 Å². The molecule has 0 fully saturated rings. The normalized spacial score (nSPS) is 18.2. The largest absolute Gasteiger partial charge is 0.389 e. The molecule has 0 aromatic carbocycles. The van der Waals surface area contributed by atoms with Crippen molar-refractivity contribution in [1.29, 1.82) is 5.26 Å². The van der Waals surface area contributed by atoms with Crippen LogP contribution in [-0.2, 0) is 0 Å². The van der Waals surface area contributed by atoms with E-state index in [0.717, 1.165) is 0 Å². The lowest BCUT2D eigenvalue weighted by Gasteiger charge is -2.11. The molecule has 0 bridgehead atoms. The van der Waals surface area contributed by atoms with Gasteiger partial charge in [0.15, 0.2) is 11.2 Å². The molecule has 8 heteroatoms. The number of nitrogens with one attached hydrogen (secondary N) is 1. The first-order valence-corrected chi connectivity index (χ1v) is 5.04. The molecule has 0 atom stereocenters. The van der Waals surface area contributed by atoms with Crippen LogP contribution in [0.25, 0.3) is 0 Å². The van der Waals surface area contributed by atoms with Crippen LogP contribution >= 0.6 is 11.8 Å². The molecule has 0 saturated heterocycles. The predicted octanol–water partition coefficient (Wildman–Crippen LogP) is 0.696. The highest BCUT2D eigenvalue weighted by Crippen LogP contribution is 2.14. The highest BCUT2D eigenvalue weighted by atomic mass is 32.2. The summed E-state index contributed by atoms with van der Waals surface area (Å²) in [6.45, 7) is 1.64.